The van der Waals surface area contributed by atoms with E-state index >= 15 is 0 Å². The van der Waals surface area contributed by atoms with Crippen LogP contribution in [-0.2, 0) is 17.2 Å². The van der Waals surface area contributed by atoms with E-state index in [0.29, 0.717) is 11.5 Å². The lowest BCUT2D eigenvalue weighted by molar-refractivity contribution is 0.663. The van der Waals surface area contributed by atoms with Crippen LogP contribution in [0.4, 0.5) is 0 Å². The minimum atomic E-state index is -0.803. The summed E-state index contributed by atoms with van der Waals surface area (Å²) in [5.74, 6) is 1.29. The Balaban J connectivity index is 2.29. The van der Waals surface area contributed by atoms with Crippen molar-refractivity contribution in [2.24, 2.45) is 5.73 Å². The molecule has 15 heavy (non-hydrogen) atoms. The van der Waals surface area contributed by atoms with E-state index in [2.05, 4.69) is 4.98 Å². The Labute approximate surface area is 93.6 Å². The molecule has 1 aromatic heterocycles. The van der Waals surface area contributed by atoms with Crippen molar-refractivity contribution in [2.75, 3.05) is 11.5 Å². The van der Waals surface area contributed by atoms with E-state index in [4.69, 9.17) is 5.73 Å². The van der Waals surface area contributed by atoms with Crippen LogP contribution in [0.2, 0.25) is 0 Å². The smallest absolute Gasteiger partial charge is 0.0386 e. The summed E-state index contributed by atoms with van der Waals surface area (Å²) in [4.78, 5) is 4.02. The normalized spacial score (nSPS) is 14.8. The Hall–Kier alpha value is -0.740. The number of nitrogens with two attached hydrogens (primary N) is 1. The molecule has 2 atom stereocenters. The fourth-order valence-corrected chi connectivity index (χ4v) is 2.56. The maximum atomic E-state index is 11.6. The zero-order valence-corrected chi connectivity index (χ0v) is 9.87. The highest BCUT2D eigenvalue weighted by Gasteiger charge is 2.06. The van der Waals surface area contributed by atoms with E-state index in [9.17, 15) is 4.21 Å². The van der Waals surface area contributed by atoms with Gasteiger partial charge in [0.15, 0.2) is 0 Å². The van der Waals surface area contributed by atoms with Gasteiger partial charge < -0.3 is 5.73 Å². The molecule has 4 heteroatoms. The van der Waals surface area contributed by atoms with Crippen LogP contribution < -0.4 is 5.73 Å². The zero-order chi connectivity index (χ0) is 11.1. The van der Waals surface area contributed by atoms with Crippen LogP contribution in [0.25, 0.3) is 0 Å². The van der Waals surface area contributed by atoms with E-state index in [0.717, 1.165) is 18.4 Å². The average molecular weight is 226 g/mol. The lowest BCUT2D eigenvalue weighted by Crippen LogP contribution is -2.27. The minimum Gasteiger partial charge on any atom is -0.327 e. The maximum Gasteiger partial charge on any atom is 0.0386 e. The van der Waals surface area contributed by atoms with E-state index in [1.54, 1.807) is 6.20 Å². The number of rotatable bonds is 6. The predicted molar refractivity (Wildman–Crippen MR) is 64.1 cm³/mol. The van der Waals surface area contributed by atoms with Crippen molar-refractivity contribution in [1.29, 1.82) is 0 Å². The molecule has 3 nitrogen and oxygen atoms in total. The molecule has 1 rings (SSSR count). The van der Waals surface area contributed by atoms with Crippen LogP contribution in [0.15, 0.2) is 24.5 Å². The van der Waals surface area contributed by atoms with Crippen molar-refractivity contribution in [3.63, 3.8) is 0 Å². The van der Waals surface area contributed by atoms with Crippen molar-refractivity contribution in [3.8, 4) is 0 Å². The van der Waals surface area contributed by atoms with E-state index in [-0.39, 0.29) is 6.04 Å². The number of aromatic nitrogens is 1. The SMILES string of the molecule is CCC(N)CS(=O)CCc1cccnc1. The van der Waals surface area contributed by atoms with Gasteiger partial charge in [0, 0.05) is 40.7 Å². The minimum absolute atomic E-state index is 0.0692. The number of nitrogens with zero attached hydrogens (tertiary/aromatic N) is 1. The van der Waals surface area contributed by atoms with Crippen LogP contribution in [0.5, 0.6) is 0 Å². The van der Waals surface area contributed by atoms with Gasteiger partial charge in [0.05, 0.1) is 0 Å². The number of pyridine rings is 1. The van der Waals surface area contributed by atoms with Gasteiger partial charge >= 0.3 is 0 Å². The van der Waals surface area contributed by atoms with Crippen molar-refractivity contribution in [2.45, 2.75) is 25.8 Å². The molecule has 2 N–H and O–H groups in total. The predicted octanol–water partition coefficient (Wildman–Crippen LogP) is 1.11. The quantitative estimate of drug-likeness (QED) is 0.790. The first-order chi connectivity index (χ1) is 7.22. The molecule has 0 fully saturated rings. The topological polar surface area (TPSA) is 56.0 Å². The second kappa shape index (κ2) is 6.69. The highest BCUT2D eigenvalue weighted by Crippen LogP contribution is 2.00. The van der Waals surface area contributed by atoms with Gasteiger partial charge in [-0.2, -0.15) is 0 Å². The molecule has 0 aliphatic carbocycles. The van der Waals surface area contributed by atoms with Gasteiger partial charge in [-0.05, 0) is 24.5 Å². The van der Waals surface area contributed by atoms with Gasteiger partial charge in [-0.1, -0.05) is 13.0 Å². The van der Waals surface area contributed by atoms with Gasteiger partial charge in [-0.25, -0.2) is 0 Å². The molecular formula is C11H18N2OS. The summed E-state index contributed by atoms with van der Waals surface area (Å²) >= 11 is 0. The van der Waals surface area contributed by atoms with Gasteiger partial charge in [0.25, 0.3) is 0 Å². The maximum absolute atomic E-state index is 11.6. The lowest BCUT2D eigenvalue weighted by atomic mass is 10.2. The van der Waals surface area contributed by atoms with Gasteiger partial charge in [-0.15, -0.1) is 0 Å². The van der Waals surface area contributed by atoms with E-state index in [1.807, 2.05) is 25.3 Å². The molecule has 0 aliphatic heterocycles. The van der Waals surface area contributed by atoms with E-state index in [1.165, 1.54) is 0 Å². The molecule has 0 amide bonds. The summed E-state index contributed by atoms with van der Waals surface area (Å²) in [6.07, 6.45) is 5.26. The summed E-state index contributed by atoms with van der Waals surface area (Å²) in [5.41, 5.74) is 6.87. The Morgan fingerprint density at radius 3 is 3.00 bits per heavy atom. The zero-order valence-electron chi connectivity index (χ0n) is 9.06. The summed E-state index contributed by atoms with van der Waals surface area (Å²) in [6, 6.07) is 3.97. The summed E-state index contributed by atoms with van der Waals surface area (Å²) in [5, 5.41) is 0. The molecule has 0 aliphatic rings. The lowest BCUT2D eigenvalue weighted by Gasteiger charge is -2.07. The standard InChI is InChI=1S/C11H18N2OS/c1-2-11(12)9-15(14)7-5-10-4-3-6-13-8-10/h3-4,6,8,11H,2,5,7,9,12H2,1H3. The van der Waals surface area contributed by atoms with Gasteiger partial charge in [0.1, 0.15) is 0 Å². The molecule has 0 saturated heterocycles. The summed E-state index contributed by atoms with van der Waals surface area (Å²) < 4.78 is 11.6. The van der Waals surface area contributed by atoms with Crippen LogP contribution >= 0.6 is 0 Å². The fraction of sp³-hybridized carbons (Fsp3) is 0.545. The molecule has 0 bridgehead atoms. The molecule has 0 radical (unpaired) electrons. The molecule has 0 aromatic carbocycles. The fourth-order valence-electron chi connectivity index (χ4n) is 1.22. The second-order valence-electron chi connectivity index (χ2n) is 3.59. The van der Waals surface area contributed by atoms with Crippen molar-refractivity contribution >= 4 is 10.8 Å². The van der Waals surface area contributed by atoms with Crippen LogP contribution in [-0.4, -0.2) is 26.7 Å². The summed E-state index contributed by atoms with van der Waals surface area (Å²) in [6.45, 7) is 2.02. The van der Waals surface area contributed by atoms with Crippen molar-refractivity contribution < 1.29 is 4.21 Å². The largest absolute Gasteiger partial charge is 0.327 e. The first-order valence-electron chi connectivity index (χ1n) is 5.21. The first-order valence-corrected chi connectivity index (χ1v) is 6.70. The second-order valence-corrected chi connectivity index (χ2v) is 5.21. The Morgan fingerprint density at radius 1 is 1.60 bits per heavy atom. The summed E-state index contributed by atoms with van der Waals surface area (Å²) in [7, 11) is -0.803. The molecule has 84 valence electrons. The Morgan fingerprint density at radius 2 is 2.40 bits per heavy atom. The monoisotopic (exact) mass is 226 g/mol. The number of aryl methyl sites for hydroxylation is 1. The molecule has 0 saturated carbocycles. The highest BCUT2D eigenvalue weighted by molar-refractivity contribution is 7.85. The van der Waals surface area contributed by atoms with Gasteiger partial charge in [0.2, 0.25) is 0 Å². The Bertz CT molecular complexity index is 303. The Kier molecular flexibility index (Phi) is 5.50. The number of hydrogen-bond donors (Lipinski definition) is 1. The third-order valence-electron chi connectivity index (χ3n) is 2.27. The van der Waals surface area contributed by atoms with Crippen LogP contribution in [0, 0.1) is 0 Å². The van der Waals surface area contributed by atoms with Crippen LogP contribution in [0.1, 0.15) is 18.9 Å². The molecule has 1 aromatic rings. The number of hydrogen-bond acceptors (Lipinski definition) is 3. The molecule has 0 spiro atoms. The average Bonchev–Trinajstić information content (AvgIpc) is 2.27. The third kappa shape index (κ3) is 5.04. The van der Waals surface area contributed by atoms with Crippen molar-refractivity contribution in [3.05, 3.63) is 30.1 Å². The van der Waals surface area contributed by atoms with E-state index < -0.39 is 10.8 Å². The highest BCUT2D eigenvalue weighted by atomic mass is 32.2. The third-order valence-corrected chi connectivity index (χ3v) is 3.72. The molecular weight excluding hydrogens is 208 g/mol. The van der Waals surface area contributed by atoms with Crippen molar-refractivity contribution in [1.82, 2.24) is 4.98 Å². The molecule has 1 heterocycles. The van der Waals surface area contributed by atoms with Gasteiger partial charge in [-0.3, -0.25) is 9.19 Å². The first kappa shape index (κ1) is 12.3. The van der Waals surface area contributed by atoms with Crippen LogP contribution in [0.3, 0.4) is 0 Å². The molecule has 2 unspecified atom stereocenters.